The Kier molecular flexibility index (Phi) is 6.27. The zero-order chi connectivity index (χ0) is 17.7. The molecule has 0 saturated heterocycles. The zero-order valence-electron chi connectivity index (χ0n) is 14.8. The van der Waals surface area contributed by atoms with Gasteiger partial charge in [-0.05, 0) is 43.5 Å². The highest BCUT2D eigenvalue weighted by Gasteiger charge is 2.18. The number of nitrogens with one attached hydrogen (secondary N) is 1. The van der Waals surface area contributed by atoms with E-state index in [1.54, 1.807) is 18.2 Å². The molecule has 0 aliphatic heterocycles. The molecule has 0 atom stereocenters. The van der Waals surface area contributed by atoms with Gasteiger partial charge in [0.2, 0.25) is 10.0 Å². The summed E-state index contributed by atoms with van der Waals surface area (Å²) >= 11 is 0. The number of hydrogen-bond donors (Lipinski definition) is 1. The molecule has 1 aliphatic rings. The molecular weight excluding hydrogens is 324 g/mol. The van der Waals surface area contributed by atoms with Crippen molar-refractivity contribution in [1.82, 2.24) is 5.32 Å². The van der Waals surface area contributed by atoms with E-state index in [2.05, 4.69) is 5.32 Å². The minimum atomic E-state index is -3.31. The summed E-state index contributed by atoms with van der Waals surface area (Å²) in [5, 5.41) is 3.14. The third kappa shape index (κ3) is 4.97. The number of nitrogens with zero attached hydrogens (tertiary/aromatic N) is 1. The molecule has 2 rings (SSSR count). The van der Waals surface area contributed by atoms with Crippen LogP contribution in [0.5, 0.6) is 0 Å². The van der Waals surface area contributed by atoms with Gasteiger partial charge in [0, 0.05) is 18.7 Å². The number of aryl methyl sites for hydroxylation is 1. The number of rotatable bonds is 4. The van der Waals surface area contributed by atoms with Crippen LogP contribution in [0.15, 0.2) is 18.2 Å². The van der Waals surface area contributed by atoms with Gasteiger partial charge in [-0.2, -0.15) is 0 Å². The van der Waals surface area contributed by atoms with E-state index in [0.29, 0.717) is 11.3 Å². The third-order valence-corrected chi connectivity index (χ3v) is 5.93. The molecule has 0 aromatic heterocycles. The van der Waals surface area contributed by atoms with Crippen LogP contribution in [0.4, 0.5) is 5.69 Å². The van der Waals surface area contributed by atoms with Crippen LogP contribution in [0.1, 0.15) is 60.9 Å². The molecule has 1 aromatic carbocycles. The van der Waals surface area contributed by atoms with E-state index in [1.807, 2.05) is 6.92 Å². The van der Waals surface area contributed by atoms with Crippen molar-refractivity contribution in [3.63, 3.8) is 0 Å². The lowest BCUT2D eigenvalue weighted by Gasteiger charge is -2.22. The van der Waals surface area contributed by atoms with Crippen LogP contribution in [-0.4, -0.2) is 33.7 Å². The first-order valence-corrected chi connectivity index (χ1v) is 10.5. The fourth-order valence-electron chi connectivity index (χ4n) is 3.20. The number of benzene rings is 1. The molecule has 0 bridgehead atoms. The number of sulfonamides is 1. The maximum absolute atomic E-state index is 12.5. The Labute approximate surface area is 145 Å². The molecule has 1 aliphatic carbocycles. The van der Waals surface area contributed by atoms with E-state index in [9.17, 15) is 13.2 Å². The molecule has 0 unspecified atom stereocenters. The lowest BCUT2D eigenvalue weighted by Crippen LogP contribution is -2.35. The second-order valence-electron chi connectivity index (χ2n) is 6.75. The van der Waals surface area contributed by atoms with Crippen LogP contribution in [-0.2, 0) is 10.0 Å². The molecule has 134 valence electrons. The van der Waals surface area contributed by atoms with Gasteiger partial charge in [-0.1, -0.05) is 32.1 Å². The molecule has 1 fully saturated rings. The van der Waals surface area contributed by atoms with E-state index in [0.717, 1.165) is 18.4 Å². The molecule has 1 amide bonds. The summed E-state index contributed by atoms with van der Waals surface area (Å²) in [7, 11) is -1.79. The van der Waals surface area contributed by atoms with Crippen LogP contribution in [0, 0.1) is 6.92 Å². The van der Waals surface area contributed by atoms with Crippen molar-refractivity contribution < 1.29 is 13.2 Å². The summed E-state index contributed by atoms with van der Waals surface area (Å²) in [6.45, 7) is 1.82. The van der Waals surface area contributed by atoms with Crippen molar-refractivity contribution in [3.05, 3.63) is 29.3 Å². The highest BCUT2D eigenvalue weighted by molar-refractivity contribution is 7.92. The van der Waals surface area contributed by atoms with Gasteiger partial charge in [0.15, 0.2) is 0 Å². The van der Waals surface area contributed by atoms with E-state index < -0.39 is 10.0 Å². The van der Waals surface area contributed by atoms with Gasteiger partial charge in [-0.3, -0.25) is 9.10 Å². The van der Waals surface area contributed by atoms with Gasteiger partial charge in [0.1, 0.15) is 0 Å². The number of hydrogen-bond acceptors (Lipinski definition) is 3. The summed E-state index contributed by atoms with van der Waals surface area (Å²) < 4.78 is 24.6. The molecule has 1 N–H and O–H groups in total. The SMILES string of the molecule is Cc1cc(C(=O)NC2CCCCCCC2)ccc1N(C)S(C)(=O)=O. The fraction of sp³-hybridized carbons (Fsp3) is 0.611. The first-order valence-electron chi connectivity index (χ1n) is 8.64. The fourth-order valence-corrected chi connectivity index (χ4v) is 3.76. The first kappa shape index (κ1) is 18.8. The smallest absolute Gasteiger partial charge is 0.251 e. The average molecular weight is 352 g/mol. The summed E-state index contributed by atoms with van der Waals surface area (Å²) in [5.41, 5.74) is 1.95. The highest BCUT2D eigenvalue weighted by atomic mass is 32.2. The standard InChI is InChI=1S/C18H28N2O3S/c1-14-13-15(11-12-17(14)20(2)24(3,22)23)18(21)19-16-9-7-5-4-6-8-10-16/h11-13,16H,4-10H2,1-3H3,(H,19,21). The quantitative estimate of drug-likeness (QED) is 0.905. The Morgan fingerprint density at radius 1 is 1.12 bits per heavy atom. The van der Waals surface area contributed by atoms with Crippen molar-refractivity contribution in [3.8, 4) is 0 Å². The topological polar surface area (TPSA) is 66.5 Å². The van der Waals surface area contributed by atoms with Gasteiger partial charge in [0.25, 0.3) is 5.91 Å². The predicted molar refractivity (Wildman–Crippen MR) is 98.0 cm³/mol. The molecular formula is C18H28N2O3S. The molecule has 6 heteroatoms. The predicted octanol–water partition coefficient (Wildman–Crippen LogP) is 3.23. The Hall–Kier alpha value is -1.56. The number of carbonyl (C=O) groups excluding carboxylic acids is 1. The molecule has 0 heterocycles. The normalized spacial score (nSPS) is 17.0. The van der Waals surface area contributed by atoms with E-state index in [1.165, 1.54) is 49.7 Å². The van der Waals surface area contributed by atoms with Crippen molar-refractivity contribution in [2.24, 2.45) is 0 Å². The Morgan fingerprint density at radius 3 is 2.25 bits per heavy atom. The van der Waals surface area contributed by atoms with E-state index >= 15 is 0 Å². The van der Waals surface area contributed by atoms with E-state index in [-0.39, 0.29) is 11.9 Å². The number of amides is 1. The Balaban J connectivity index is 2.08. The lowest BCUT2D eigenvalue weighted by atomic mass is 9.96. The van der Waals surface area contributed by atoms with E-state index in [4.69, 9.17) is 0 Å². The summed E-state index contributed by atoms with van der Waals surface area (Å²) in [5.74, 6) is -0.0720. The summed E-state index contributed by atoms with van der Waals surface area (Å²) in [6.07, 6.45) is 9.39. The Bertz CT molecular complexity index is 678. The van der Waals surface area contributed by atoms with Crippen LogP contribution < -0.4 is 9.62 Å². The van der Waals surface area contributed by atoms with Crippen molar-refractivity contribution in [1.29, 1.82) is 0 Å². The molecule has 5 nitrogen and oxygen atoms in total. The van der Waals surface area contributed by atoms with Crippen molar-refractivity contribution in [2.75, 3.05) is 17.6 Å². The van der Waals surface area contributed by atoms with Crippen molar-refractivity contribution >= 4 is 21.6 Å². The minimum absolute atomic E-state index is 0.0720. The second kappa shape index (κ2) is 8.01. The molecule has 24 heavy (non-hydrogen) atoms. The van der Waals surface area contributed by atoms with Crippen LogP contribution in [0.2, 0.25) is 0 Å². The van der Waals surface area contributed by atoms with Crippen LogP contribution in [0.25, 0.3) is 0 Å². The summed E-state index contributed by atoms with van der Waals surface area (Å²) in [4.78, 5) is 12.5. The maximum atomic E-state index is 12.5. The highest BCUT2D eigenvalue weighted by Crippen LogP contribution is 2.23. The number of anilines is 1. The minimum Gasteiger partial charge on any atom is -0.349 e. The van der Waals surface area contributed by atoms with Gasteiger partial charge in [0.05, 0.1) is 11.9 Å². The zero-order valence-corrected chi connectivity index (χ0v) is 15.7. The molecule has 0 spiro atoms. The molecule has 1 saturated carbocycles. The first-order chi connectivity index (χ1) is 11.3. The van der Waals surface area contributed by atoms with Crippen molar-refractivity contribution in [2.45, 2.75) is 57.9 Å². The summed E-state index contributed by atoms with van der Waals surface area (Å²) in [6, 6.07) is 5.40. The largest absolute Gasteiger partial charge is 0.349 e. The van der Waals surface area contributed by atoms with Gasteiger partial charge >= 0.3 is 0 Å². The average Bonchev–Trinajstić information content (AvgIpc) is 2.48. The monoisotopic (exact) mass is 352 g/mol. The Morgan fingerprint density at radius 2 is 1.71 bits per heavy atom. The van der Waals surface area contributed by atoms with Crippen LogP contribution in [0.3, 0.4) is 0 Å². The molecule has 1 aromatic rings. The van der Waals surface area contributed by atoms with Gasteiger partial charge in [-0.25, -0.2) is 8.42 Å². The molecule has 0 radical (unpaired) electrons. The maximum Gasteiger partial charge on any atom is 0.251 e. The van der Waals surface area contributed by atoms with Gasteiger partial charge in [-0.15, -0.1) is 0 Å². The third-order valence-electron chi connectivity index (χ3n) is 4.74. The number of carbonyl (C=O) groups is 1. The van der Waals surface area contributed by atoms with Crippen LogP contribution >= 0.6 is 0 Å². The second-order valence-corrected chi connectivity index (χ2v) is 8.76. The lowest BCUT2D eigenvalue weighted by molar-refractivity contribution is 0.0930. The van der Waals surface area contributed by atoms with Gasteiger partial charge < -0.3 is 5.32 Å².